The molecule has 12 heteroatoms. The molecule has 0 radical (unpaired) electrons. The third kappa shape index (κ3) is 2.83. The van der Waals surface area contributed by atoms with Crippen molar-refractivity contribution in [2.75, 3.05) is 18.1 Å². The van der Waals surface area contributed by atoms with Crippen LogP contribution in [0.4, 0.5) is 15.0 Å². The number of ether oxygens (including phenoxy) is 2. The van der Waals surface area contributed by atoms with Crippen LogP contribution in [0.25, 0.3) is 5.65 Å². The van der Waals surface area contributed by atoms with Crippen molar-refractivity contribution >= 4 is 29.1 Å². The first kappa shape index (κ1) is 19.7. The Bertz CT molecular complexity index is 1320. The number of hydrogen-bond acceptors (Lipinski definition) is 8. The molecule has 1 aromatic carbocycles. The Morgan fingerprint density at radius 2 is 2.00 bits per heavy atom. The molecule has 11 nitrogen and oxygen atoms in total. The van der Waals surface area contributed by atoms with E-state index < -0.39 is 17.7 Å². The second-order valence-corrected chi connectivity index (χ2v) is 7.41. The van der Waals surface area contributed by atoms with Crippen molar-refractivity contribution in [3.63, 3.8) is 0 Å². The number of oxime groups is 1. The Hall–Kier alpha value is -4.22. The molecule has 0 spiro atoms. The Morgan fingerprint density at radius 1 is 1.25 bits per heavy atom. The van der Waals surface area contributed by atoms with Gasteiger partial charge in [-0.2, -0.15) is 0 Å². The van der Waals surface area contributed by atoms with Crippen LogP contribution < -0.4 is 14.4 Å². The molecule has 164 valence electrons. The first-order valence-corrected chi connectivity index (χ1v) is 9.58. The summed E-state index contributed by atoms with van der Waals surface area (Å²) in [6.45, 7) is 1.29. The molecular formula is C20H16FN5O6. The van der Waals surface area contributed by atoms with Crippen molar-refractivity contribution in [1.29, 1.82) is 0 Å². The molecule has 1 atom stereocenters. The summed E-state index contributed by atoms with van der Waals surface area (Å²) in [6.07, 6.45) is -0.139. The van der Waals surface area contributed by atoms with E-state index in [0.29, 0.717) is 11.3 Å². The van der Waals surface area contributed by atoms with Crippen LogP contribution in [0.15, 0.2) is 29.7 Å². The summed E-state index contributed by atoms with van der Waals surface area (Å²) in [4.78, 5) is 25.9. The van der Waals surface area contributed by atoms with Crippen molar-refractivity contribution in [3.05, 3.63) is 47.0 Å². The lowest BCUT2D eigenvalue weighted by Gasteiger charge is -2.23. The van der Waals surface area contributed by atoms with E-state index >= 15 is 0 Å². The van der Waals surface area contributed by atoms with Crippen molar-refractivity contribution in [2.45, 2.75) is 19.4 Å². The zero-order valence-corrected chi connectivity index (χ0v) is 16.6. The molecule has 2 aliphatic rings. The molecule has 0 saturated heterocycles. The van der Waals surface area contributed by atoms with E-state index in [1.807, 2.05) is 0 Å². The van der Waals surface area contributed by atoms with E-state index in [4.69, 9.17) is 14.7 Å². The van der Waals surface area contributed by atoms with Gasteiger partial charge in [0.15, 0.2) is 17.2 Å². The fourth-order valence-electron chi connectivity index (χ4n) is 4.07. The monoisotopic (exact) mass is 441 g/mol. The number of carbonyl (C=O) groups excluding carboxylic acids is 1. The van der Waals surface area contributed by atoms with Crippen LogP contribution in [-0.4, -0.2) is 55.7 Å². The minimum absolute atomic E-state index is 0.00758. The van der Waals surface area contributed by atoms with Crippen LogP contribution in [0.1, 0.15) is 34.3 Å². The Morgan fingerprint density at radius 3 is 2.72 bits per heavy atom. The average Bonchev–Trinajstić information content (AvgIpc) is 3.43. The maximum atomic E-state index is 14.8. The van der Waals surface area contributed by atoms with Crippen molar-refractivity contribution in [3.8, 4) is 11.5 Å². The number of ketones is 1. The van der Waals surface area contributed by atoms with Gasteiger partial charge in [0, 0.05) is 11.1 Å². The number of rotatable bonds is 2. The quantitative estimate of drug-likeness (QED) is 0.268. The maximum absolute atomic E-state index is 14.8. The first-order chi connectivity index (χ1) is 15.4. The zero-order valence-electron chi connectivity index (χ0n) is 16.6. The third-order valence-corrected chi connectivity index (χ3v) is 5.59. The van der Waals surface area contributed by atoms with Crippen molar-refractivity contribution in [1.82, 2.24) is 14.6 Å². The number of carboxylic acid groups (broad SMARTS) is 1. The van der Waals surface area contributed by atoms with E-state index in [1.54, 1.807) is 0 Å². The number of amides is 1. The molecule has 4 heterocycles. The lowest BCUT2D eigenvalue weighted by Crippen LogP contribution is -2.31. The number of halogens is 1. The second kappa shape index (κ2) is 7.18. The molecule has 0 unspecified atom stereocenters. The lowest BCUT2D eigenvalue weighted by molar-refractivity contribution is 0.106. The van der Waals surface area contributed by atoms with Gasteiger partial charge in [-0.25, -0.2) is 9.18 Å². The molecule has 0 saturated carbocycles. The van der Waals surface area contributed by atoms with Gasteiger partial charge >= 0.3 is 6.09 Å². The minimum Gasteiger partial charge on any atom is -0.493 e. The highest BCUT2D eigenvalue weighted by molar-refractivity contribution is 6.46. The molecule has 1 amide bonds. The van der Waals surface area contributed by atoms with Gasteiger partial charge in [-0.15, -0.1) is 10.2 Å². The van der Waals surface area contributed by atoms with E-state index in [-0.39, 0.29) is 59.7 Å². The maximum Gasteiger partial charge on any atom is 0.413 e. The van der Waals surface area contributed by atoms with Crippen molar-refractivity contribution < 1.29 is 33.8 Å². The van der Waals surface area contributed by atoms with E-state index in [0.717, 1.165) is 4.90 Å². The molecule has 0 fully saturated rings. The highest BCUT2D eigenvalue weighted by Gasteiger charge is 2.35. The predicted octanol–water partition coefficient (Wildman–Crippen LogP) is 2.45. The molecule has 3 aromatic rings. The smallest absolute Gasteiger partial charge is 0.413 e. The van der Waals surface area contributed by atoms with Crippen LogP contribution in [-0.2, 0) is 6.54 Å². The molecule has 2 N–H and O–H groups in total. The third-order valence-electron chi connectivity index (χ3n) is 5.59. The van der Waals surface area contributed by atoms with Gasteiger partial charge in [0.05, 0.1) is 31.2 Å². The van der Waals surface area contributed by atoms with Gasteiger partial charge in [0.2, 0.25) is 5.78 Å². The molecule has 2 aromatic heterocycles. The van der Waals surface area contributed by atoms with Gasteiger partial charge < -0.3 is 19.8 Å². The normalized spacial score (nSPS) is 17.5. The van der Waals surface area contributed by atoms with Crippen LogP contribution in [0.3, 0.4) is 0 Å². The summed E-state index contributed by atoms with van der Waals surface area (Å²) in [5.41, 5.74) is 0.592. The molecule has 5 rings (SSSR count). The second-order valence-electron chi connectivity index (χ2n) is 7.41. The number of aromatic nitrogens is 3. The number of Topliss-reactive ketones (excluding diaryl/α,β-unsaturated/α-hetero) is 1. The number of carbonyl (C=O) groups is 2. The lowest BCUT2D eigenvalue weighted by atomic mass is 9.95. The van der Waals surface area contributed by atoms with Gasteiger partial charge in [0.1, 0.15) is 23.6 Å². The predicted molar refractivity (Wildman–Crippen MR) is 107 cm³/mol. The Kier molecular flexibility index (Phi) is 4.43. The molecule has 0 aliphatic carbocycles. The number of nitrogens with zero attached hydrogens (tertiary/aromatic N) is 5. The molecule has 32 heavy (non-hydrogen) atoms. The molecule has 2 aliphatic heterocycles. The average molecular weight is 441 g/mol. The number of pyridine rings is 1. The minimum atomic E-state index is -1.37. The Labute approximate surface area is 179 Å². The van der Waals surface area contributed by atoms with E-state index in [1.165, 1.54) is 35.9 Å². The fourth-order valence-corrected chi connectivity index (χ4v) is 4.07. The molecular weight excluding hydrogens is 425 g/mol. The van der Waals surface area contributed by atoms with E-state index in [9.17, 15) is 19.1 Å². The van der Waals surface area contributed by atoms with Gasteiger partial charge in [0.25, 0.3) is 0 Å². The molecule has 0 bridgehead atoms. The van der Waals surface area contributed by atoms with Crippen LogP contribution in [0, 0.1) is 5.82 Å². The van der Waals surface area contributed by atoms with Gasteiger partial charge in [-0.05, 0) is 25.1 Å². The van der Waals surface area contributed by atoms with Crippen LogP contribution in [0.5, 0.6) is 11.5 Å². The summed E-state index contributed by atoms with van der Waals surface area (Å²) in [5, 5.41) is 29.7. The first-order valence-electron chi connectivity index (χ1n) is 9.58. The van der Waals surface area contributed by atoms with Crippen LogP contribution in [0.2, 0.25) is 0 Å². The van der Waals surface area contributed by atoms with Gasteiger partial charge in [-0.3, -0.25) is 14.1 Å². The highest BCUT2D eigenvalue weighted by Crippen LogP contribution is 2.42. The summed E-state index contributed by atoms with van der Waals surface area (Å²) < 4.78 is 27.7. The standard InChI is InChI=1S/C20H16FN5O6/c1-9(24-30)17(27)11-4-15-19(26-8-22-23-18(11)26)25(20(28)29)5-12-13(21)2-3-14-16(12)10(6-31-14)7-32-15/h2-4,8,10,30H,5-7H2,1H3,(H,28,29)/b24-9-/t10-/m0/s1. The summed E-state index contributed by atoms with van der Waals surface area (Å²) in [6, 6.07) is 4.08. The Balaban J connectivity index is 1.77. The van der Waals surface area contributed by atoms with Crippen molar-refractivity contribution in [2.24, 2.45) is 5.16 Å². The topological polar surface area (TPSA) is 139 Å². The number of benzene rings is 1. The SMILES string of the molecule is C/C(=N/O)C(=O)c1cc2c(n3cnnc13)N(C(=O)O)Cc1c(F)ccc3c1[C@@H](CO3)CO2. The summed E-state index contributed by atoms with van der Waals surface area (Å²) in [7, 11) is 0. The van der Waals surface area contributed by atoms with Crippen LogP contribution >= 0.6 is 0 Å². The zero-order chi connectivity index (χ0) is 22.6. The number of fused-ring (bicyclic) bond motifs is 3. The fraction of sp³-hybridized carbons (Fsp3) is 0.250. The largest absolute Gasteiger partial charge is 0.493 e. The summed E-state index contributed by atoms with van der Waals surface area (Å²) >= 11 is 0. The van der Waals surface area contributed by atoms with Gasteiger partial charge in [-0.1, -0.05) is 5.16 Å². The number of anilines is 1. The van der Waals surface area contributed by atoms with E-state index in [2.05, 4.69) is 15.4 Å². The summed E-state index contributed by atoms with van der Waals surface area (Å²) in [5.74, 6) is -0.990. The number of hydrogen-bond donors (Lipinski definition) is 2. The highest BCUT2D eigenvalue weighted by atomic mass is 19.1.